The van der Waals surface area contributed by atoms with Crippen LogP contribution in [0.15, 0.2) is 0 Å². The highest BCUT2D eigenvalue weighted by atomic mass is 14.1. The second-order valence-electron chi connectivity index (χ2n) is 10.00. The fourth-order valence-corrected chi connectivity index (χ4v) is 4.37. The van der Waals surface area contributed by atoms with Crippen molar-refractivity contribution in [3.05, 3.63) is 0 Å². The van der Waals surface area contributed by atoms with E-state index in [9.17, 15) is 0 Å². The zero-order valence-corrected chi connectivity index (χ0v) is 20.7. The molecule has 0 saturated carbocycles. The van der Waals surface area contributed by atoms with Gasteiger partial charge in [0.1, 0.15) is 0 Å². The fourth-order valence-electron chi connectivity index (χ4n) is 4.37. The van der Waals surface area contributed by atoms with Crippen LogP contribution >= 0.6 is 0 Å². The first kappa shape index (κ1) is 28.0. The molecule has 0 bridgehead atoms. The smallest absolute Gasteiger partial charge is 0.0443 e. The Morgan fingerprint density at radius 1 is 0.357 bits per heavy atom. The number of hydrogen-bond donors (Lipinski definition) is 0. The van der Waals surface area contributed by atoms with Crippen molar-refractivity contribution in [3.63, 3.8) is 0 Å². The maximum atomic E-state index is 2.48. The summed E-state index contributed by atoms with van der Waals surface area (Å²) in [5, 5.41) is 0. The molecule has 0 aliphatic heterocycles. The van der Waals surface area contributed by atoms with Crippen molar-refractivity contribution in [1.82, 2.24) is 0 Å². The van der Waals surface area contributed by atoms with E-state index in [1.165, 1.54) is 141 Å². The molecule has 0 heterocycles. The Hall–Kier alpha value is 0. The van der Waals surface area contributed by atoms with Gasteiger partial charge in [-0.1, -0.05) is 169 Å². The molecule has 0 nitrogen and oxygen atoms in total. The third-order valence-corrected chi connectivity index (χ3v) is 6.89. The first-order chi connectivity index (χ1) is 13.7. The standard InChI is InChI=1S/C28H58/c1-5-7-8-9-10-11-12-13-14-15-16-17-18-19-21-25-28(4)26-23-20-22-24-27(3)6-2/h27-28H,5-26H2,1-4H3. The second kappa shape index (κ2) is 23.3. The summed E-state index contributed by atoms with van der Waals surface area (Å²) in [4.78, 5) is 0. The van der Waals surface area contributed by atoms with E-state index < -0.39 is 0 Å². The van der Waals surface area contributed by atoms with E-state index in [1.54, 1.807) is 0 Å². The van der Waals surface area contributed by atoms with Crippen molar-refractivity contribution >= 4 is 0 Å². The number of hydrogen-bond acceptors (Lipinski definition) is 0. The Balaban J connectivity index is 3.14. The molecule has 170 valence electrons. The van der Waals surface area contributed by atoms with E-state index in [2.05, 4.69) is 27.7 Å². The highest BCUT2D eigenvalue weighted by Gasteiger charge is 2.03. The van der Waals surface area contributed by atoms with E-state index in [-0.39, 0.29) is 0 Å². The number of rotatable bonds is 23. The zero-order valence-electron chi connectivity index (χ0n) is 20.7. The van der Waals surface area contributed by atoms with E-state index in [4.69, 9.17) is 0 Å². The summed E-state index contributed by atoms with van der Waals surface area (Å²) in [7, 11) is 0. The van der Waals surface area contributed by atoms with Crippen LogP contribution in [0.5, 0.6) is 0 Å². The van der Waals surface area contributed by atoms with Gasteiger partial charge in [-0.2, -0.15) is 0 Å². The highest BCUT2D eigenvalue weighted by molar-refractivity contribution is 4.57. The van der Waals surface area contributed by atoms with Gasteiger partial charge in [0.15, 0.2) is 0 Å². The summed E-state index contributed by atoms with van der Waals surface area (Å²) in [6.07, 6.45) is 32.2. The van der Waals surface area contributed by atoms with Crippen molar-refractivity contribution < 1.29 is 0 Å². The molecule has 0 rings (SSSR count). The van der Waals surface area contributed by atoms with Crippen LogP contribution in [0.4, 0.5) is 0 Å². The van der Waals surface area contributed by atoms with Crippen LogP contribution in [0.2, 0.25) is 0 Å². The fraction of sp³-hybridized carbons (Fsp3) is 1.00. The molecule has 0 aromatic rings. The van der Waals surface area contributed by atoms with E-state index in [0.29, 0.717) is 0 Å². The molecule has 2 unspecified atom stereocenters. The minimum atomic E-state index is 0.942. The summed E-state index contributed by atoms with van der Waals surface area (Å²) in [6.45, 7) is 9.51. The van der Waals surface area contributed by atoms with Gasteiger partial charge in [0, 0.05) is 0 Å². The Morgan fingerprint density at radius 2 is 0.643 bits per heavy atom. The molecular weight excluding hydrogens is 336 g/mol. The van der Waals surface area contributed by atoms with Crippen LogP contribution in [0, 0.1) is 11.8 Å². The lowest BCUT2D eigenvalue weighted by atomic mass is 9.94. The van der Waals surface area contributed by atoms with Gasteiger partial charge >= 0.3 is 0 Å². The molecule has 0 aromatic carbocycles. The van der Waals surface area contributed by atoms with Gasteiger partial charge in [0.25, 0.3) is 0 Å². The van der Waals surface area contributed by atoms with Crippen molar-refractivity contribution in [2.75, 3.05) is 0 Å². The van der Waals surface area contributed by atoms with Crippen LogP contribution in [-0.4, -0.2) is 0 Å². The SMILES string of the molecule is CCCCCCCCCCCCCCCCCC(C)CCCCCC(C)CC. The Bertz CT molecular complexity index is 269. The molecule has 0 radical (unpaired) electrons. The average Bonchev–Trinajstić information content (AvgIpc) is 2.70. The van der Waals surface area contributed by atoms with Crippen LogP contribution in [0.25, 0.3) is 0 Å². The predicted molar refractivity (Wildman–Crippen MR) is 131 cm³/mol. The highest BCUT2D eigenvalue weighted by Crippen LogP contribution is 2.20. The van der Waals surface area contributed by atoms with Crippen molar-refractivity contribution in [2.45, 2.75) is 169 Å². The third kappa shape index (κ3) is 22.3. The topological polar surface area (TPSA) is 0 Å². The van der Waals surface area contributed by atoms with Crippen LogP contribution in [0.1, 0.15) is 169 Å². The maximum absolute atomic E-state index is 2.48. The first-order valence-electron chi connectivity index (χ1n) is 13.7. The summed E-state index contributed by atoms with van der Waals surface area (Å²) < 4.78 is 0. The van der Waals surface area contributed by atoms with Gasteiger partial charge in [0.05, 0.1) is 0 Å². The van der Waals surface area contributed by atoms with Gasteiger partial charge in [0.2, 0.25) is 0 Å². The lowest BCUT2D eigenvalue weighted by Crippen LogP contribution is -1.96. The van der Waals surface area contributed by atoms with Crippen LogP contribution in [0.3, 0.4) is 0 Å². The summed E-state index contributed by atoms with van der Waals surface area (Å²) in [6, 6.07) is 0. The molecule has 0 aliphatic rings. The lowest BCUT2D eigenvalue weighted by molar-refractivity contribution is 0.418. The minimum Gasteiger partial charge on any atom is -0.0654 e. The molecule has 0 spiro atoms. The van der Waals surface area contributed by atoms with Crippen molar-refractivity contribution in [2.24, 2.45) is 11.8 Å². The summed E-state index contributed by atoms with van der Waals surface area (Å²) in [5.74, 6) is 1.91. The first-order valence-corrected chi connectivity index (χ1v) is 13.7. The van der Waals surface area contributed by atoms with Gasteiger partial charge in [-0.3, -0.25) is 0 Å². The van der Waals surface area contributed by atoms with Crippen molar-refractivity contribution in [1.29, 1.82) is 0 Å². The van der Waals surface area contributed by atoms with Gasteiger partial charge < -0.3 is 0 Å². The molecule has 0 N–H and O–H groups in total. The van der Waals surface area contributed by atoms with Gasteiger partial charge in [-0.25, -0.2) is 0 Å². The van der Waals surface area contributed by atoms with Crippen LogP contribution in [-0.2, 0) is 0 Å². The molecule has 0 heteroatoms. The molecule has 2 atom stereocenters. The monoisotopic (exact) mass is 394 g/mol. The number of unbranched alkanes of at least 4 members (excludes halogenated alkanes) is 16. The molecular formula is C28H58. The molecule has 0 saturated heterocycles. The van der Waals surface area contributed by atoms with E-state index >= 15 is 0 Å². The Kier molecular flexibility index (Phi) is 23.3. The Labute approximate surface area is 181 Å². The molecule has 0 amide bonds. The molecule has 0 aromatic heterocycles. The summed E-state index contributed by atoms with van der Waals surface area (Å²) in [5.41, 5.74) is 0. The molecule has 28 heavy (non-hydrogen) atoms. The quantitative estimate of drug-likeness (QED) is 0.151. The third-order valence-electron chi connectivity index (χ3n) is 6.89. The second-order valence-corrected chi connectivity index (χ2v) is 10.00. The van der Waals surface area contributed by atoms with E-state index in [1.807, 2.05) is 0 Å². The van der Waals surface area contributed by atoms with Gasteiger partial charge in [-0.15, -0.1) is 0 Å². The summed E-state index contributed by atoms with van der Waals surface area (Å²) >= 11 is 0. The predicted octanol–water partition coefficient (Wildman–Crippen LogP) is 10.9. The zero-order chi connectivity index (χ0) is 20.7. The Morgan fingerprint density at radius 3 is 1.00 bits per heavy atom. The molecule has 0 aliphatic carbocycles. The van der Waals surface area contributed by atoms with Crippen LogP contribution < -0.4 is 0 Å². The van der Waals surface area contributed by atoms with Crippen molar-refractivity contribution in [3.8, 4) is 0 Å². The van der Waals surface area contributed by atoms with E-state index in [0.717, 1.165) is 11.8 Å². The van der Waals surface area contributed by atoms with Gasteiger partial charge in [-0.05, 0) is 11.8 Å². The lowest BCUT2D eigenvalue weighted by Gasteiger charge is -2.12. The minimum absolute atomic E-state index is 0.942. The largest absolute Gasteiger partial charge is 0.0654 e. The average molecular weight is 395 g/mol. The molecule has 0 fully saturated rings. The normalized spacial score (nSPS) is 13.7. The maximum Gasteiger partial charge on any atom is -0.0443 e.